The van der Waals surface area contributed by atoms with Crippen LogP contribution < -0.4 is 4.90 Å². The molecule has 0 fully saturated rings. The average Bonchev–Trinajstić information content (AvgIpc) is 3.46. The van der Waals surface area contributed by atoms with Crippen LogP contribution in [-0.4, -0.2) is 26.8 Å². The van der Waals surface area contributed by atoms with Crippen molar-refractivity contribution in [3.05, 3.63) is 83.7 Å². The van der Waals surface area contributed by atoms with E-state index in [1.54, 1.807) is 53.4 Å². The molecule has 6 rings (SSSR count). The van der Waals surface area contributed by atoms with E-state index in [9.17, 15) is 9.59 Å². The van der Waals surface area contributed by atoms with Gasteiger partial charge in [-0.1, -0.05) is 36.0 Å². The Morgan fingerprint density at radius 1 is 0.871 bits per heavy atom. The molecule has 8 heteroatoms. The van der Waals surface area contributed by atoms with Crippen LogP contribution in [0.15, 0.2) is 71.1 Å². The molecule has 1 aliphatic heterocycles. The van der Waals surface area contributed by atoms with Gasteiger partial charge in [0.05, 0.1) is 43.8 Å². The molecule has 2 aromatic heterocycles. The number of anilines is 1. The number of carbonyl (C=O) groups is 2. The number of amides is 2. The van der Waals surface area contributed by atoms with E-state index in [0.717, 1.165) is 31.4 Å². The summed E-state index contributed by atoms with van der Waals surface area (Å²) in [7, 11) is 0. The Labute approximate surface area is 184 Å². The van der Waals surface area contributed by atoms with Gasteiger partial charge in [-0.25, -0.2) is 14.9 Å². The number of hydrogen-bond donors (Lipinski definition) is 1. The van der Waals surface area contributed by atoms with Crippen LogP contribution in [0.2, 0.25) is 0 Å². The number of imidazole rings is 1. The number of nitrogens with one attached hydrogen (secondary N) is 1. The molecule has 0 radical (unpaired) electrons. The van der Waals surface area contributed by atoms with Gasteiger partial charge in [0.15, 0.2) is 4.34 Å². The topological polar surface area (TPSA) is 79.0 Å². The van der Waals surface area contributed by atoms with Gasteiger partial charge < -0.3 is 4.98 Å². The number of hydrogen-bond acceptors (Lipinski definition) is 6. The molecule has 0 aliphatic carbocycles. The van der Waals surface area contributed by atoms with Crippen LogP contribution in [0, 0.1) is 0 Å². The molecule has 1 N–H and O–H groups in total. The highest BCUT2D eigenvalue weighted by Crippen LogP contribution is 2.35. The van der Waals surface area contributed by atoms with Crippen molar-refractivity contribution in [1.29, 1.82) is 0 Å². The summed E-state index contributed by atoms with van der Waals surface area (Å²) in [6, 6.07) is 20.4. The highest BCUT2D eigenvalue weighted by atomic mass is 32.2. The SMILES string of the molecule is O=C1c2ccccc2C(=O)N1c1ccc2nc(SCc3nc4ccccc4[nH]3)sc2c1. The third-order valence-electron chi connectivity index (χ3n) is 5.18. The first-order valence-electron chi connectivity index (χ1n) is 9.62. The lowest BCUT2D eigenvalue weighted by atomic mass is 10.1. The first-order chi connectivity index (χ1) is 15.2. The van der Waals surface area contributed by atoms with E-state index < -0.39 is 0 Å². The smallest absolute Gasteiger partial charge is 0.266 e. The van der Waals surface area contributed by atoms with Gasteiger partial charge in [0.25, 0.3) is 11.8 Å². The van der Waals surface area contributed by atoms with E-state index in [1.165, 1.54) is 4.90 Å². The van der Waals surface area contributed by atoms with Crippen molar-refractivity contribution in [3.63, 3.8) is 0 Å². The van der Waals surface area contributed by atoms with Crippen LogP contribution in [0.4, 0.5) is 5.69 Å². The lowest BCUT2D eigenvalue weighted by molar-refractivity contribution is 0.0926. The number of carbonyl (C=O) groups excluding carboxylic acids is 2. The Morgan fingerprint density at radius 2 is 1.61 bits per heavy atom. The van der Waals surface area contributed by atoms with Gasteiger partial charge in [-0.15, -0.1) is 11.3 Å². The van der Waals surface area contributed by atoms with Crippen LogP contribution in [0.1, 0.15) is 26.5 Å². The van der Waals surface area contributed by atoms with Gasteiger partial charge in [0.1, 0.15) is 5.82 Å². The molecular formula is C23H14N4O2S2. The second-order valence-corrected chi connectivity index (χ2v) is 9.37. The largest absolute Gasteiger partial charge is 0.341 e. The highest BCUT2D eigenvalue weighted by Gasteiger charge is 2.36. The first kappa shape index (κ1) is 18.3. The lowest BCUT2D eigenvalue weighted by Gasteiger charge is -2.13. The van der Waals surface area contributed by atoms with Gasteiger partial charge in [0.2, 0.25) is 0 Å². The number of fused-ring (bicyclic) bond motifs is 3. The van der Waals surface area contributed by atoms with E-state index in [-0.39, 0.29) is 11.8 Å². The summed E-state index contributed by atoms with van der Waals surface area (Å²) >= 11 is 3.15. The van der Waals surface area contributed by atoms with Gasteiger partial charge in [-0.3, -0.25) is 9.59 Å². The van der Waals surface area contributed by atoms with Crippen molar-refractivity contribution in [2.24, 2.45) is 0 Å². The molecule has 0 saturated heterocycles. The van der Waals surface area contributed by atoms with E-state index in [2.05, 4.69) is 15.0 Å². The molecule has 0 spiro atoms. The van der Waals surface area contributed by atoms with Gasteiger partial charge in [-0.2, -0.15) is 0 Å². The van der Waals surface area contributed by atoms with Crippen molar-refractivity contribution in [3.8, 4) is 0 Å². The van der Waals surface area contributed by atoms with Crippen molar-refractivity contribution < 1.29 is 9.59 Å². The predicted octanol–water partition coefficient (Wildman–Crippen LogP) is 5.27. The maximum Gasteiger partial charge on any atom is 0.266 e. The summed E-state index contributed by atoms with van der Waals surface area (Å²) in [6.07, 6.45) is 0. The summed E-state index contributed by atoms with van der Waals surface area (Å²) in [5.74, 6) is 1.00. The molecule has 0 unspecified atom stereocenters. The minimum Gasteiger partial charge on any atom is -0.341 e. The Kier molecular flexibility index (Phi) is 4.15. The minimum atomic E-state index is -0.288. The van der Waals surface area contributed by atoms with Crippen molar-refractivity contribution in [2.45, 2.75) is 10.1 Å². The van der Waals surface area contributed by atoms with E-state index in [0.29, 0.717) is 22.6 Å². The fraction of sp³-hybridized carbons (Fsp3) is 0.0435. The third kappa shape index (κ3) is 3.03. The van der Waals surface area contributed by atoms with Gasteiger partial charge in [0, 0.05) is 0 Å². The molecular weight excluding hydrogens is 428 g/mol. The summed E-state index contributed by atoms with van der Waals surface area (Å²) < 4.78 is 1.84. The molecule has 2 amide bonds. The summed E-state index contributed by atoms with van der Waals surface area (Å²) in [4.78, 5) is 39.4. The van der Waals surface area contributed by atoms with Crippen molar-refractivity contribution >= 4 is 61.9 Å². The molecule has 150 valence electrons. The Balaban J connectivity index is 1.26. The quantitative estimate of drug-likeness (QED) is 0.303. The first-order valence-corrected chi connectivity index (χ1v) is 11.4. The molecule has 6 nitrogen and oxygen atoms in total. The molecule has 5 aromatic rings. The molecule has 1 aliphatic rings. The van der Waals surface area contributed by atoms with Crippen LogP contribution in [0.3, 0.4) is 0 Å². The van der Waals surface area contributed by atoms with Crippen LogP contribution in [-0.2, 0) is 5.75 Å². The maximum absolute atomic E-state index is 12.8. The number of nitrogens with zero attached hydrogens (tertiary/aromatic N) is 3. The second kappa shape index (κ2) is 7.04. The number of rotatable bonds is 4. The standard InChI is InChI=1S/C23H14N4O2S2/c28-21-14-5-1-2-6-15(14)22(29)27(21)13-9-10-18-19(11-13)31-23(26-18)30-12-20-24-16-7-3-4-8-17(16)25-20/h1-11H,12H2,(H,24,25). The Morgan fingerprint density at radius 3 is 2.39 bits per heavy atom. The molecule has 0 atom stereocenters. The number of aromatic nitrogens is 3. The zero-order chi connectivity index (χ0) is 20.9. The van der Waals surface area contributed by atoms with E-state index >= 15 is 0 Å². The van der Waals surface area contributed by atoms with Crippen LogP contribution in [0.25, 0.3) is 21.3 Å². The highest BCUT2D eigenvalue weighted by molar-refractivity contribution is 8.00. The Bertz CT molecular complexity index is 1440. The fourth-order valence-electron chi connectivity index (χ4n) is 3.72. The zero-order valence-electron chi connectivity index (χ0n) is 16.0. The third-order valence-corrected chi connectivity index (χ3v) is 7.35. The monoisotopic (exact) mass is 442 g/mol. The molecule has 3 aromatic carbocycles. The summed E-state index contributed by atoms with van der Waals surface area (Å²) in [5.41, 5.74) is 4.27. The van der Waals surface area contributed by atoms with Gasteiger partial charge in [-0.05, 0) is 42.5 Å². The van der Waals surface area contributed by atoms with E-state index in [4.69, 9.17) is 0 Å². The summed E-state index contributed by atoms with van der Waals surface area (Å²) in [6.45, 7) is 0. The molecule has 0 bridgehead atoms. The molecule has 31 heavy (non-hydrogen) atoms. The van der Waals surface area contributed by atoms with Crippen molar-refractivity contribution in [2.75, 3.05) is 4.90 Å². The van der Waals surface area contributed by atoms with Crippen LogP contribution in [0.5, 0.6) is 0 Å². The number of benzene rings is 3. The molecule has 3 heterocycles. The second-order valence-electron chi connectivity index (χ2n) is 7.11. The number of aromatic amines is 1. The number of imide groups is 1. The normalized spacial score (nSPS) is 13.5. The molecule has 0 saturated carbocycles. The zero-order valence-corrected chi connectivity index (χ0v) is 17.7. The maximum atomic E-state index is 12.8. The average molecular weight is 443 g/mol. The van der Waals surface area contributed by atoms with E-state index in [1.807, 2.05) is 36.4 Å². The number of H-pyrrole nitrogens is 1. The number of thioether (sulfide) groups is 1. The Hall–Kier alpha value is -3.49. The van der Waals surface area contributed by atoms with Crippen LogP contribution >= 0.6 is 23.1 Å². The van der Waals surface area contributed by atoms with Crippen molar-refractivity contribution in [1.82, 2.24) is 15.0 Å². The fourth-order valence-corrected chi connectivity index (χ4v) is 5.69. The summed E-state index contributed by atoms with van der Waals surface area (Å²) in [5, 5.41) is 0. The van der Waals surface area contributed by atoms with Gasteiger partial charge >= 0.3 is 0 Å². The number of para-hydroxylation sites is 2. The lowest BCUT2D eigenvalue weighted by Crippen LogP contribution is -2.29. The predicted molar refractivity (Wildman–Crippen MR) is 123 cm³/mol. The number of thiazole rings is 1. The minimum absolute atomic E-state index is 0.288.